The summed E-state index contributed by atoms with van der Waals surface area (Å²) in [5.74, 6) is 2.19. The molecule has 51 heavy (non-hydrogen) atoms. The monoisotopic (exact) mass is 725 g/mol. The van der Waals surface area contributed by atoms with Crippen LogP contribution in [0.5, 0.6) is 5.75 Å². The van der Waals surface area contributed by atoms with Gasteiger partial charge in [0.2, 0.25) is 0 Å². The lowest BCUT2D eigenvalue weighted by molar-refractivity contribution is -0.137. The minimum atomic E-state index is 0.00227. The number of allylic oxidation sites excluding steroid dienone is 3. The van der Waals surface area contributed by atoms with Crippen LogP contribution in [0.3, 0.4) is 0 Å². The summed E-state index contributed by atoms with van der Waals surface area (Å²) in [4.78, 5) is 4.04. The Morgan fingerprint density at radius 2 is 1.53 bits per heavy atom. The van der Waals surface area contributed by atoms with Crippen molar-refractivity contribution in [1.82, 2.24) is 4.57 Å². The van der Waals surface area contributed by atoms with E-state index < -0.39 is 0 Å². The number of rotatable bonds is 16. The minimum absolute atomic E-state index is 0.00227. The normalized spacial score (nSPS) is 21.8. The highest BCUT2D eigenvalue weighted by atomic mass is 32.2. The second-order valence-electron chi connectivity index (χ2n) is 15.4. The third-order valence-electron chi connectivity index (χ3n) is 10.9. The van der Waals surface area contributed by atoms with Gasteiger partial charge in [0, 0.05) is 64.0 Å². The van der Waals surface area contributed by atoms with Gasteiger partial charge in [-0.25, -0.2) is 0 Å². The lowest BCUT2D eigenvalue weighted by atomic mass is 9.67. The zero-order chi connectivity index (χ0) is 36.1. The molecule has 1 aliphatic carbocycles. The van der Waals surface area contributed by atoms with Crippen molar-refractivity contribution < 1.29 is 14.2 Å². The summed E-state index contributed by atoms with van der Waals surface area (Å²) in [6, 6.07) is 18.1. The van der Waals surface area contributed by atoms with Gasteiger partial charge >= 0.3 is 0 Å². The summed E-state index contributed by atoms with van der Waals surface area (Å²) < 4.78 is 21.2. The van der Waals surface area contributed by atoms with Gasteiger partial charge in [0.05, 0.1) is 19.3 Å². The van der Waals surface area contributed by atoms with Crippen LogP contribution in [0.25, 0.3) is 33.3 Å². The van der Waals surface area contributed by atoms with Crippen LogP contribution in [-0.4, -0.2) is 43.9 Å². The maximum Gasteiger partial charge on any atom is 0.120 e. The molecule has 2 heterocycles. The van der Waals surface area contributed by atoms with Gasteiger partial charge in [0.1, 0.15) is 5.75 Å². The van der Waals surface area contributed by atoms with Crippen molar-refractivity contribution >= 4 is 56.8 Å². The van der Waals surface area contributed by atoms with E-state index in [1.54, 1.807) is 7.11 Å². The molecule has 0 spiro atoms. The quantitative estimate of drug-likeness (QED) is 0.0848. The minimum Gasteiger partial charge on any atom is -0.497 e. The number of ether oxygens (including phenoxy) is 3. The average molecular weight is 726 g/mol. The lowest BCUT2D eigenvalue weighted by Gasteiger charge is -2.48. The maximum absolute atomic E-state index is 6.38. The fraction of sp³-hybridized carbons (Fsp3) is 0.511. The number of thioether (sulfide) groups is 2. The van der Waals surface area contributed by atoms with E-state index in [0.29, 0.717) is 0 Å². The molecule has 6 heteroatoms. The summed E-state index contributed by atoms with van der Waals surface area (Å²) >= 11 is 3.82. The number of aryl methyl sites for hydroxylation is 1. The molecule has 2 atom stereocenters. The number of nitrogens with zero attached hydrogens (tertiary/aromatic N) is 1. The Hall–Kier alpha value is -2.64. The number of methoxy groups -OCH3 is 3. The lowest BCUT2D eigenvalue weighted by Crippen LogP contribution is -2.56. The predicted molar refractivity (Wildman–Crippen MR) is 221 cm³/mol. The van der Waals surface area contributed by atoms with Gasteiger partial charge in [0.25, 0.3) is 0 Å². The van der Waals surface area contributed by atoms with E-state index >= 15 is 0 Å². The largest absolute Gasteiger partial charge is 0.497 e. The zero-order valence-electron chi connectivity index (χ0n) is 32.2. The Bertz CT molecular complexity index is 1900. The molecule has 2 unspecified atom stereocenters. The molecule has 0 radical (unpaired) electrons. The third-order valence-corrected chi connectivity index (χ3v) is 13.3. The fourth-order valence-electron chi connectivity index (χ4n) is 8.12. The van der Waals surface area contributed by atoms with Crippen molar-refractivity contribution in [3.05, 3.63) is 76.5 Å². The molecule has 0 saturated heterocycles. The van der Waals surface area contributed by atoms with Gasteiger partial charge in [-0.2, -0.15) is 0 Å². The first-order valence-corrected chi connectivity index (χ1v) is 21.1. The van der Waals surface area contributed by atoms with Crippen LogP contribution in [0.2, 0.25) is 0 Å². The van der Waals surface area contributed by atoms with E-state index in [9.17, 15) is 0 Å². The van der Waals surface area contributed by atoms with Crippen molar-refractivity contribution in [2.45, 2.75) is 115 Å². The summed E-state index contributed by atoms with van der Waals surface area (Å²) in [5, 5.41) is 5.06. The predicted octanol–water partition coefficient (Wildman–Crippen LogP) is 12.0. The molecule has 2 aliphatic rings. The number of benzene rings is 3. The molecule has 1 saturated carbocycles. The highest BCUT2D eigenvalue weighted by Crippen LogP contribution is 2.50. The molecular weight excluding hydrogens is 667 g/mol. The van der Waals surface area contributed by atoms with Crippen molar-refractivity contribution in [2.24, 2.45) is 17.3 Å². The number of hydrogen-bond donors (Lipinski definition) is 0. The summed E-state index contributed by atoms with van der Waals surface area (Å²) in [5.41, 5.74) is 3.97. The van der Waals surface area contributed by atoms with E-state index in [4.69, 9.17) is 14.2 Å². The molecule has 4 aromatic rings. The third kappa shape index (κ3) is 8.15. The first-order chi connectivity index (χ1) is 24.7. The molecule has 3 aromatic carbocycles. The molecule has 0 amide bonds. The Morgan fingerprint density at radius 1 is 0.824 bits per heavy atom. The van der Waals surface area contributed by atoms with Gasteiger partial charge in [0.15, 0.2) is 0 Å². The Morgan fingerprint density at radius 3 is 2.20 bits per heavy atom. The van der Waals surface area contributed by atoms with Crippen LogP contribution in [0.1, 0.15) is 91.5 Å². The van der Waals surface area contributed by atoms with Crippen LogP contribution < -0.4 is 10.1 Å². The van der Waals surface area contributed by atoms with Crippen LogP contribution in [0, 0.1) is 17.3 Å². The maximum atomic E-state index is 6.38. The molecule has 6 rings (SSSR count). The topological polar surface area (TPSA) is 32.6 Å². The molecule has 1 aromatic heterocycles. The molecular formula is C45H59NO3S2. The van der Waals surface area contributed by atoms with Crippen molar-refractivity contribution in [1.29, 1.82) is 0 Å². The van der Waals surface area contributed by atoms with Gasteiger partial charge < -0.3 is 18.8 Å². The second-order valence-corrected chi connectivity index (χ2v) is 17.8. The molecule has 0 bridgehead atoms. The van der Waals surface area contributed by atoms with Gasteiger partial charge in [-0.3, -0.25) is 0 Å². The molecule has 1 fully saturated rings. The van der Waals surface area contributed by atoms with E-state index in [1.807, 2.05) is 37.7 Å². The molecule has 4 nitrogen and oxygen atoms in total. The first kappa shape index (κ1) is 38.1. The molecule has 274 valence electrons. The fourth-order valence-corrected chi connectivity index (χ4v) is 9.97. The number of unbranched alkanes of at least 4 members (excludes halogenated alkanes) is 7. The Balaban J connectivity index is 1.38. The standard InChI is InChI=1S/C45H59NO3S2/c1-9-11-12-13-14-15-16-17-23-46-38-20-18-19-30-24-32(47-6)27-35(42(30)38)39(46)29-37-43(48-7)36(44(37)49-8)25-31-26-41(45(3,4)5)51-40-22-21-33(50-10-2)28-34(31)40/h18-22,24-29,36-37,43-44H,9-17,23H2,1-8H3/b31-25+,39-29-. The van der Waals surface area contributed by atoms with Crippen molar-refractivity contribution in [2.75, 3.05) is 27.1 Å². The average Bonchev–Trinajstić information content (AvgIpc) is 3.41. The highest BCUT2D eigenvalue weighted by molar-refractivity contribution is 8.03. The van der Waals surface area contributed by atoms with E-state index in [0.717, 1.165) is 18.0 Å². The summed E-state index contributed by atoms with van der Waals surface area (Å²) in [7, 11) is 5.51. The van der Waals surface area contributed by atoms with Crippen LogP contribution in [-0.2, 0) is 16.0 Å². The van der Waals surface area contributed by atoms with E-state index in [1.165, 1.54) is 104 Å². The smallest absolute Gasteiger partial charge is 0.120 e. The molecule has 0 N–H and O–H groups in total. The van der Waals surface area contributed by atoms with Gasteiger partial charge in [-0.05, 0) is 81.5 Å². The van der Waals surface area contributed by atoms with Crippen LogP contribution in [0.15, 0.2) is 75.4 Å². The Kier molecular flexibility index (Phi) is 12.7. The second kappa shape index (κ2) is 17.0. The van der Waals surface area contributed by atoms with Crippen LogP contribution in [0.4, 0.5) is 0 Å². The van der Waals surface area contributed by atoms with Crippen molar-refractivity contribution in [3.8, 4) is 5.75 Å². The number of fused-ring (bicyclic) bond motifs is 1. The highest BCUT2D eigenvalue weighted by Gasteiger charge is 2.49. The Labute approximate surface area is 315 Å². The van der Waals surface area contributed by atoms with Gasteiger partial charge in [-0.1, -0.05) is 116 Å². The zero-order valence-corrected chi connectivity index (χ0v) is 33.9. The van der Waals surface area contributed by atoms with E-state index in [2.05, 4.69) is 106 Å². The summed E-state index contributed by atoms with van der Waals surface area (Å²) in [6.45, 7) is 12.4. The van der Waals surface area contributed by atoms with Crippen molar-refractivity contribution in [3.63, 3.8) is 0 Å². The SMILES string of the molecule is CCCCCCCCCCn1/c(=C\C2C(OC)C(/C=C3\C=C(C(C)(C)C)Sc4ccc(SCC)cc43)C2OC)c2cc(OC)cc3cccc1c32. The van der Waals surface area contributed by atoms with Crippen LogP contribution >= 0.6 is 23.5 Å². The van der Waals surface area contributed by atoms with Gasteiger partial charge in [-0.15, -0.1) is 11.8 Å². The van der Waals surface area contributed by atoms with E-state index in [-0.39, 0.29) is 29.5 Å². The molecule has 1 aliphatic heterocycles. The number of hydrogen-bond acceptors (Lipinski definition) is 5. The summed E-state index contributed by atoms with van der Waals surface area (Å²) in [6.07, 6.45) is 17.8. The number of aromatic nitrogens is 1. The first-order valence-electron chi connectivity index (χ1n) is 19.3.